The van der Waals surface area contributed by atoms with Crippen molar-refractivity contribution in [1.29, 1.82) is 0 Å². The molecule has 0 radical (unpaired) electrons. The lowest BCUT2D eigenvalue weighted by molar-refractivity contribution is -0.123. The number of amides is 2. The van der Waals surface area contributed by atoms with E-state index in [1.165, 1.54) is 52.3 Å². The number of aryl methyl sites for hydroxylation is 1. The minimum atomic E-state index is -0.936. The third-order valence-electron chi connectivity index (χ3n) is 7.28. The molecular weight excluding hydrogens is 572 g/mol. The van der Waals surface area contributed by atoms with Gasteiger partial charge in [0, 0.05) is 42.5 Å². The summed E-state index contributed by atoms with van der Waals surface area (Å²) in [6.07, 6.45) is 8.76. The van der Waals surface area contributed by atoms with Crippen LogP contribution in [0.15, 0.2) is 36.8 Å². The number of nitrogens with one attached hydrogen (secondary N) is 3. The molecule has 2 aromatic heterocycles. The summed E-state index contributed by atoms with van der Waals surface area (Å²) < 4.78 is 12.0. The molecule has 1 atom stereocenters. The molecule has 1 aliphatic carbocycles. The Labute approximate surface area is 265 Å². The molecule has 0 unspecified atom stereocenters. The molecule has 3 N–H and O–H groups in total. The van der Waals surface area contributed by atoms with Gasteiger partial charge < -0.3 is 25.4 Å². The van der Waals surface area contributed by atoms with Crippen molar-refractivity contribution in [2.45, 2.75) is 110 Å². The molecule has 244 valence electrons. The first kappa shape index (κ1) is 33.7. The SMILES string of the molecule is CC(C)(C)OC(=O)N[C@@H](Cc1cn(C(=O)OC(C)(C)C)cn1)C(=O)NCCCCCNc1c2c(nc3ccccc13)CCCC2. The van der Waals surface area contributed by atoms with Gasteiger partial charge in [-0.05, 0) is 98.1 Å². The van der Waals surface area contributed by atoms with E-state index >= 15 is 0 Å². The van der Waals surface area contributed by atoms with Gasteiger partial charge in [-0.25, -0.2) is 19.1 Å². The first-order valence-corrected chi connectivity index (χ1v) is 16.0. The number of imidazole rings is 1. The van der Waals surface area contributed by atoms with E-state index in [1.54, 1.807) is 41.5 Å². The summed E-state index contributed by atoms with van der Waals surface area (Å²) in [5, 5.41) is 10.5. The van der Waals surface area contributed by atoms with Gasteiger partial charge in [0.15, 0.2) is 0 Å². The summed E-state index contributed by atoms with van der Waals surface area (Å²) in [5.41, 5.74) is 3.89. The van der Waals surface area contributed by atoms with Crippen molar-refractivity contribution < 1.29 is 23.9 Å². The lowest BCUT2D eigenvalue weighted by Crippen LogP contribution is -2.49. The van der Waals surface area contributed by atoms with E-state index < -0.39 is 29.4 Å². The number of aromatic nitrogens is 3. The number of ether oxygens (including phenoxy) is 2. The number of benzene rings is 1. The average molecular weight is 621 g/mol. The molecule has 0 bridgehead atoms. The number of rotatable bonds is 11. The van der Waals surface area contributed by atoms with Crippen LogP contribution in [-0.4, -0.2) is 63.0 Å². The van der Waals surface area contributed by atoms with E-state index in [0.29, 0.717) is 12.2 Å². The minimum absolute atomic E-state index is 0.0784. The minimum Gasteiger partial charge on any atom is -0.444 e. The fraction of sp³-hybridized carbons (Fsp3) is 0.559. The number of carbonyl (C=O) groups excluding carboxylic acids is 3. The zero-order chi connectivity index (χ0) is 32.6. The van der Waals surface area contributed by atoms with E-state index in [4.69, 9.17) is 14.5 Å². The Morgan fingerprint density at radius 1 is 0.933 bits per heavy atom. The Kier molecular flexibility index (Phi) is 11.1. The van der Waals surface area contributed by atoms with Crippen LogP contribution in [0.2, 0.25) is 0 Å². The third-order valence-corrected chi connectivity index (χ3v) is 7.28. The van der Waals surface area contributed by atoms with Crippen LogP contribution in [-0.2, 0) is 33.5 Å². The van der Waals surface area contributed by atoms with Crippen molar-refractivity contribution in [3.05, 3.63) is 53.7 Å². The van der Waals surface area contributed by atoms with Crippen molar-refractivity contribution in [2.75, 3.05) is 18.4 Å². The normalized spacial score (nSPS) is 13.9. The van der Waals surface area contributed by atoms with Gasteiger partial charge >= 0.3 is 12.2 Å². The molecule has 11 heteroatoms. The third kappa shape index (κ3) is 10.2. The molecule has 1 aliphatic rings. The van der Waals surface area contributed by atoms with Crippen LogP contribution in [0.5, 0.6) is 0 Å². The number of hydrogen-bond donors (Lipinski definition) is 3. The summed E-state index contributed by atoms with van der Waals surface area (Å²) in [7, 11) is 0. The number of nitrogens with zero attached hydrogens (tertiary/aromatic N) is 3. The van der Waals surface area contributed by atoms with Gasteiger partial charge in [0.05, 0.1) is 11.2 Å². The lowest BCUT2D eigenvalue weighted by Gasteiger charge is -2.23. The summed E-state index contributed by atoms with van der Waals surface area (Å²) in [6.45, 7) is 11.9. The van der Waals surface area contributed by atoms with Crippen molar-refractivity contribution in [3.63, 3.8) is 0 Å². The van der Waals surface area contributed by atoms with Crippen LogP contribution in [0.1, 0.15) is 90.6 Å². The Morgan fingerprint density at radius 3 is 2.40 bits per heavy atom. The van der Waals surface area contributed by atoms with Gasteiger partial charge in [0.2, 0.25) is 5.91 Å². The van der Waals surface area contributed by atoms with Gasteiger partial charge in [-0.3, -0.25) is 9.78 Å². The molecule has 2 amide bonds. The highest BCUT2D eigenvalue weighted by Crippen LogP contribution is 2.33. The van der Waals surface area contributed by atoms with Crippen LogP contribution in [0.25, 0.3) is 10.9 Å². The average Bonchev–Trinajstić information content (AvgIpc) is 3.42. The fourth-order valence-electron chi connectivity index (χ4n) is 5.30. The van der Waals surface area contributed by atoms with Gasteiger partial charge in [-0.2, -0.15) is 0 Å². The maximum atomic E-state index is 13.2. The Balaban J connectivity index is 1.28. The first-order valence-electron chi connectivity index (χ1n) is 16.0. The van der Waals surface area contributed by atoms with Crippen molar-refractivity contribution >= 4 is 34.7 Å². The number of pyridine rings is 1. The summed E-state index contributed by atoms with van der Waals surface area (Å²) in [4.78, 5) is 47.3. The van der Waals surface area contributed by atoms with Crippen LogP contribution in [0.3, 0.4) is 0 Å². The molecule has 45 heavy (non-hydrogen) atoms. The number of para-hydroxylation sites is 1. The molecule has 3 aromatic rings. The first-order chi connectivity index (χ1) is 21.3. The number of fused-ring (bicyclic) bond motifs is 2. The standard InChI is InChI=1S/C34H48N6O5/c1-33(2,3)44-31(42)39-28(20-23-21-40(22-37-23)32(43)45-34(4,5)6)30(41)36-19-13-7-12-18-35-29-24-14-8-10-16-26(24)38-27-17-11-9-15-25(27)29/h8,10,14,16,21-22,28H,7,9,11-13,15,17-20H2,1-6H3,(H,35,38)(H,36,41)(H,39,42)/t28-/m0/s1. The predicted octanol–water partition coefficient (Wildman–Crippen LogP) is 5.93. The van der Waals surface area contributed by atoms with E-state index in [1.807, 2.05) is 6.07 Å². The number of unbranched alkanes of at least 4 members (excludes halogenated alkanes) is 2. The Bertz CT molecular complexity index is 1490. The quantitative estimate of drug-likeness (QED) is 0.225. The predicted molar refractivity (Wildman–Crippen MR) is 174 cm³/mol. The Morgan fingerprint density at radius 2 is 1.64 bits per heavy atom. The van der Waals surface area contributed by atoms with E-state index in [-0.39, 0.29) is 12.3 Å². The van der Waals surface area contributed by atoms with E-state index in [0.717, 1.165) is 44.2 Å². The number of anilines is 1. The fourth-order valence-corrected chi connectivity index (χ4v) is 5.30. The second-order valence-corrected chi connectivity index (χ2v) is 13.6. The second kappa shape index (κ2) is 14.8. The molecule has 4 rings (SSSR count). The summed E-state index contributed by atoms with van der Waals surface area (Å²) >= 11 is 0. The van der Waals surface area contributed by atoms with Gasteiger partial charge in [-0.15, -0.1) is 0 Å². The highest BCUT2D eigenvalue weighted by molar-refractivity contribution is 5.93. The zero-order valence-corrected chi connectivity index (χ0v) is 27.5. The van der Waals surface area contributed by atoms with Crippen LogP contribution in [0, 0.1) is 0 Å². The highest BCUT2D eigenvalue weighted by Gasteiger charge is 2.26. The molecule has 0 aliphatic heterocycles. The van der Waals surface area contributed by atoms with E-state index in [9.17, 15) is 14.4 Å². The number of hydrogen-bond acceptors (Lipinski definition) is 8. The van der Waals surface area contributed by atoms with Gasteiger partial charge in [-0.1, -0.05) is 18.2 Å². The number of carbonyl (C=O) groups is 3. The molecule has 0 saturated heterocycles. The topological polar surface area (TPSA) is 136 Å². The summed E-state index contributed by atoms with van der Waals surface area (Å²) in [6, 6.07) is 7.38. The van der Waals surface area contributed by atoms with Gasteiger partial charge in [0.25, 0.3) is 0 Å². The van der Waals surface area contributed by atoms with Gasteiger partial charge in [0.1, 0.15) is 23.6 Å². The molecule has 1 aromatic carbocycles. The highest BCUT2D eigenvalue weighted by atomic mass is 16.6. The van der Waals surface area contributed by atoms with E-state index in [2.05, 4.69) is 39.1 Å². The maximum absolute atomic E-state index is 13.2. The molecule has 11 nitrogen and oxygen atoms in total. The molecular formula is C34H48N6O5. The smallest absolute Gasteiger partial charge is 0.419 e. The second-order valence-electron chi connectivity index (χ2n) is 13.6. The van der Waals surface area contributed by atoms with Crippen molar-refractivity contribution in [2.24, 2.45) is 0 Å². The van der Waals surface area contributed by atoms with Crippen LogP contribution >= 0.6 is 0 Å². The van der Waals surface area contributed by atoms with Crippen LogP contribution < -0.4 is 16.0 Å². The van der Waals surface area contributed by atoms with Crippen molar-refractivity contribution in [1.82, 2.24) is 25.2 Å². The molecule has 0 saturated carbocycles. The summed E-state index contributed by atoms with van der Waals surface area (Å²) in [5.74, 6) is -0.347. The van der Waals surface area contributed by atoms with Crippen molar-refractivity contribution in [3.8, 4) is 0 Å². The lowest BCUT2D eigenvalue weighted by atomic mass is 9.92. The largest absolute Gasteiger partial charge is 0.444 e. The zero-order valence-electron chi connectivity index (χ0n) is 27.5. The van der Waals surface area contributed by atoms with Crippen LogP contribution in [0.4, 0.5) is 15.3 Å². The maximum Gasteiger partial charge on any atom is 0.419 e. The molecule has 0 fully saturated rings. The molecule has 2 heterocycles. The monoisotopic (exact) mass is 620 g/mol. The molecule has 0 spiro atoms. The number of alkyl carbamates (subject to hydrolysis) is 1. The Hall–Kier alpha value is -4.15.